The first-order valence-electron chi connectivity index (χ1n) is 11.6. The van der Waals surface area contributed by atoms with Gasteiger partial charge in [-0.15, -0.1) is 0 Å². The molecule has 0 saturated heterocycles. The molecule has 2 aromatic carbocycles. The number of amides is 1. The molecule has 0 aliphatic carbocycles. The van der Waals surface area contributed by atoms with Gasteiger partial charge in [-0.1, -0.05) is 42.0 Å². The minimum Gasteiger partial charge on any atom is -0.491 e. The SMILES string of the molecule is Cc1ccc2c(c1)Cc1cccc(c1)CN(C(=O)CCc1cn(C)nc1C)CCOCCO2. The van der Waals surface area contributed by atoms with Gasteiger partial charge < -0.3 is 14.4 Å². The fraction of sp³-hybridized carbons (Fsp3) is 0.407. The smallest absolute Gasteiger partial charge is 0.223 e. The van der Waals surface area contributed by atoms with Gasteiger partial charge in [0, 0.05) is 39.2 Å². The van der Waals surface area contributed by atoms with Gasteiger partial charge in [0.15, 0.2) is 0 Å². The molecule has 0 fully saturated rings. The van der Waals surface area contributed by atoms with Gasteiger partial charge in [0.1, 0.15) is 12.4 Å². The topological polar surface area (TPSA) is 56.6 Å². The summed E-state index contributed by atoms with van der Waals surface area (Å²) < 4.78 is 13.6. The Morgan fingerprint density at radius 1 is 1.06 bits per heavy atom. The summed E-state index contributed by atoms with van der Waals surface area (Å²) in [6.07, 6.45) is 3.94. The number of ether oxygens (including phenoxy) is 2. The molecule has 3 aromatic rings. The van der Waals surface area contributed by atoms with E-state index in [0.717, 1.165) is 29.0 Å². The van der Waals surface area contributed by atoms with E-state index in [0.29, 0.717) is 45.8 Å². The fourth-order valence-electron chi connectivity index (χ4n) is 4.34. The van der Waals surface area contributed by atoms with Gasteiger partial charge in [-0.05, 0) is 48.6 Å². The maximum absolute atomic E-state index is 13.1. The predicted octanol–water partition coefficient (Wildman–Crippen LogP) is 4.00. The Balaban J connectivity index is 1.51. The van der Waals surface area contributed by atoms with Crippen LogP contribution in [0.2, 0.25) is 0 Å². The van der Waals surface area contributed by atoms with Crippen molar-refractivity contribution in [2.45, 2.75) is 39.7 Å². The maximum Gasteiger partial charge on any atom is 0.223 e. The van der Waals surface area contributed by atoms with Crippen molar-refractivity contribution in [1.29, 1.82) is 0 Å². The lowest BCUT2D eigenvalue weighted by molar-refractivity contribution is -0.132. The minimum atomic E-state index is 0.136. The average Bonchev–Trinajstić information content (AvgIpc) is 3.11. The standard InChI is InChI=1S/C27H33N3O3/c1-20-7-9-26-25(15-20)17-22-5-4-6-23(16-22)18-30(11-12-32-13-14-33-26)27(31)10-8-24-19-29(3)28-21(24)2/h4-7,9,15-16,19H,8,10-14,17-18H2,1-3H3. The number of benzene rings is 2. The van der Waals surface area contributed by atoms with Gasteiger partial charge in [-0.2, -0.15) is 5.10 Å². The number of carbonyl (C=O) groups excluding carboxylic acids is 1. The molecule has 2 heterocycles. The molecule has 33 heavy (non-hydrogen) atoms. The van der Waals surface area contributed by atoms with Crippen molar-refractivity contribution < 1.29 is 14.3 Å². The van der Waals surface area contributed by atoms with Crippen LogP contribution < -0.4 is 4.74 Å². The van der Waals surface area contributed by atoms with Crippen LogP contribution >= 0.6 is 0 Å². The number of hydrogen-bond acceptors (Lipinski definition) is 4. The van der Waals surface area contributed by atoms with Crippen molar-refractivity contribution in [1.82, 2.24) is 14.7 Å². The summed E-state index contributed by atoms with van der Waals surface area (Å²) in [6, 6.07) is 14.8. The highest BCUT2D eigenvalue weighted by molar-refractivity contribution is 5.76. The molecule has 1 aromatic heterocycles. The molecule has 0 unspecified atom stereocenters. The first-order valence-corrected chi connectivity index (χ1v) is 11.6. The molecule has 0 N–H and O–H groups in total. The zero-order chi connectivity index (χ0) is 23.2. The molecule has 0 saturated carbocycles. The Hall–Kier alpha value is -3.12. The molecule has 4 rings (SSSR count). The number of aromatic nitrogens is 2. The summed E-state index contributed by atoms with van der Waals surface area (Å²) in [5.74, 6) is 1.05. The first-order chi connectivity index (χ1) is 16.0. The second-order valence-corrected chi connectivity index (χ2v) is 8.80. The monoisotopic (exact) mass is 447 g/mol. The Labute approximate surface area is 196 Å². The van der Waals surface area contributed by atoms with Crippen LogP contribution in [-0.4, -0.2) is 47.0 Å². The summed E-state index contributed by atoms with van der Waals surface area (Å²) in [6.45, 7) is 6.70. The molecule has 6 nitrogen and oxygen atoms in total. The normalized spacial score (nSPS) is 14.8. The van der Waals surface area contributed by atoms with Crippen LogP contribution in [0.15, 0.2) is 48.7 Å². The third-order valence-corrected chi connectivity index (χ3v) is 6.04. The molecule has 0 spiro atoms. The molecule has 2 bridgehead atoms. The predicted molar refractivity (Wildman–Crippen MR) is 128 cm³/mol. The van der Waals surface area contributed by atoms with Crippen LogP contribution in [0.1, 0.15) is 39.9 Å². The van der Waals surface area contributed by atoms with Crippen molar-refractivity contribution in [3.8, 4) is 5.75 Å². The highest BCUT2D eigenvalue weighted by Gasteiger charge is 2.16. The van der Waals surface area contributed by atoms with E-state index in [1.807, 2.05) is 31.1 Å². The molecule has 0 atom stereocenters. The van der Waals surface area contributed by atoms with Crippen molar-refractivity contribution in [3.05, 3.63) is 82.2 Å². The van der Waals surface area contributed by atoms with E-state index in [2.05, 4.69) is 48.4 Å². The largest absolute Gasteiger partial charge is 0.491 e. The lowest BCUT2D eigenvalue weighted by Gasteiger charge is -2.24. The number of nitrogens with zero attached hydrogens (tertiary/aromatic N) is 3. The van der Waals surface area contributed by atoms with Gasteiger partial charge >= 0.3 is 0 Å². The highest BCUT2D eigenvalue weighted by Crippen LogP contribution is 2.24. The summed E-state index contributed by atoms with van der Waals surface area (Å²) in [7, 11) is 1.91. The van der Waals surface area contributed by atoms with E-state index < -0.39 is 0 Å². The lowest BCUT2D eigenvalue weighted by atomic mass is 10.00. The van der Waals surface area contributed by atoms with Crippen LogP contribution in [0.4, 0.5) is 0 Å². The van der Waals surface area contributed by atoms with Crippen molar-refractivity contribution in [3.63, 3.8) is 0 Å². The fourth-order valence-corrected chi connectivity index (χ4v) is 4.34. The van der Waals surface area contributed by atoms with Crippen LogP contribution in [0.5, 0.6) is 5.75 Å². The first kappa shape index (κ1) is 23.1. The zero-order valence-electron chi connectivity index (χ0n) is 19.8. The Morgan fingerprint density at radius 2 is 1.91 bits per heavy atom. The third-order valence-electron chi connectivity index (χ3n) is 6.04. The summed E-state index contributed by atoms with van der Waals surface area (Å²) in [5, 5.41) is 4.39. The molecule has 1 amide bonds. The lowest BCUT2D eigenvalue weighted by Crippen LogP contribution is -2.34. The van der Waals surface area contributed by atoms with Gasteiger partial charge in [0.25, 0.3) is 0 Å². The van der Waals surface area contributed by atoms with Crippen LogP contribution in [0.3, 0.4) is 0 Å². The van der Waals surface area contributed by atoms with E-state index in [-0.39, 0.29) is 5.91 Å². The molecule has 6 heteroatoms. The van der Waals surface area contributed by atoms with Crippen LogP contribution in [0.25, 0.3) is 0 Å². The van der Waals surface area contributed by atoms with Crippen molar-refractivity contribution in [2.75, 3.05) is 26.4 Å². The van der Waals surface area contributed by atoms with Gasteiger partial charge in [0.2, 0.25) is 5.91 Å². The summed E-state index contributed by atoms with van der Waals surface area (Å²) in [4.78, 5) is 15.1. The molecule has 174 valence electrons. The van der Waals surface area contributed by atoms with Gasteiger partial charge in [-0.3, -0.25) is 9.48 Å². The van der Waals surface area contributed by atoms with E-state index in [1.165, 1.54) is 16.7 Å². The number of fused-ring (bicyclic) bond motifs is 3. The van der Waals surface area contributed by atoms with E-state index >= 15 is 0 Å². The zero-order valence-corrected chi connectivity index (χ0v) is 19.8. The Bertz CT molecular complexity index is 1110. The maximum atomic E-state index is 13.1. The number of hydrogen-bond donors (Lipinski definition) is 0. The third kappa shape index (κ3) is 6.23. The Morgan fingerprint density at radius 3 is 2.73 bits per heavy atom. The van der Waals surface area contributed by atoms with E-state index in [1.54, 1.807) is 4.68 Å². The van der Waals surface area contributed by atoms with Gasteiger partial charge in [0.05, 0.1) is 18.9 Å². The number of aryl methyl sites for hydroxylation is 4. The van der Waals surface area contributed by atoms with E-state index in [9.17, 15) is 4.79 Å². The molecular formula is C27H33N3O3. The molecule has 1 aliphatic rings. The van der Waals surface area contributed by atoms with Crippen LogP contribution in [-0.2, 0) is 36.0 Å². The number of carbonyl (C=O) groups is 1. The second kappa shape index (κ2) is 10.7. The number of rotatable bonds is 3. The minimum absolute atomic E-state index is 0.136. The average molecular weight is 448 g/mol. The second-order valence-electron chi connectivity index (χ2n) is 8.80. The summed E-state index contributed by atoms with van der Waals surface area (Å²) >= 11 is 0. The Kier molecular flexibility index (Phi) is 7.45. The summed E-state index contributed by atoms with van der Waals surface area (Å²) in [5.41, 5.74) is 6.84. The van der Waals surface area contributed by atoms with Gasteiger partial charge in [-0.25, -0.2) is 0 Å². The molecule has 0 radical (unpaired) electrons. The quantitative estimate of drug-likeness (QED) is 0.609. The highest BCUT2D eigenvalue weighted by atomic mass is 16.5. The molecular weight excluding hydrogens is 414 g/mol. The molecule has 1 aliphatic heterocycles. The van der Waals surface area contributed by atoms with Crippen LogP contribution in [0, 0.1) is 13.8 Å². The van der Waals surface area contributed by atoms with Crippen molar-refractivity contribution in [2.24, 2.45) is 7.05 Å². The van der Waals surface area contributed by atoms with Crippen molar-refractivity contribution >= 4 is 5.91 Å². The van der Waals surface area contributed by atoms with E-state index in [4.69, 9.17) is 9.47 Å².